The number of piperazine rings is 1. The second-order valence-electron chi connectivity index (χ2n) is 7.46. The highest BCUT2D eigenvalue weighted by molar-refractivity contribution is 7.18. The number of hydrogen-bond acceptors (Lipinski definition) is 3. The molecule has 3 heterocycles. The lowest BCUT2D eigenvalue weighted by atomic mass is 10.2. The molecule has 3 aromatic rings. The van der Waals surface area contributed by atoms with Gasteiger partial charge in [0.15, 0.2) is 5.82 Å². The number of thiophene rings is 1. The molecule has 0 unspecified atom stereocenters. The summed E-state index contributed by atoms with van der Waals surface area (Å²) in [6, 6.07) is 8.14. The van der Waals surface area contributed by atoms with Gasteiger partial charge in [-0.05, 0) is 31.5 Å². The van der Waals surface area contributed by atoms with Crippen molar-refractivity contribution in [1.29, 1.82) is 0 Å². The molecule has 3 N–H and O–H groups in total. The molecular formula is C20H25ClN4OS+2. The van der Waals surface area contributed by atoms with Crippen molar-refractivity contribution < 1.29 is 9.80 Å². The number of nitrogens with one attached hydrogen (secondary N) is 3. The maximum Gasteiger partial charge on any atom is 0.260 e. The van der Waals surface area contributed by atoms with Crippen LogP contribution in [0.15, 0.2) is 29.1 Å². The van der Waals surface area contributed by atoms with E-state index < -0.39 is 0 Å². The Morgan fingerprint density at radius 1 is 1.15 bits per heavy atom. The van der Waals surface area contributed by atoms with Crippen LogP contribution in [0.5, 0.6) is 0 Å². The van der Waals surface area contributed by atoms with E-state index in [2.05, 4.69) is 17.1 Å². The van der Waals surface area contributed by atoms with Gasteiger partial charge in [0.05, 0.1) is 5.39 Å². The van der Waals surface area contributed by atoms with Crippen molar-refractivity contribution >= 4 is 33.2 Å². The summed E-state index contributed by atoms with van der Waals surface area (Å²) in [5.41, 5.74) is 2.35. The second-order valence-corrected chi connectivity index (χ2v) is 9.10. The first-order valence-corrected chi connectivity index (χ1v) is 10.6. The van der Waals surface area contributed by atoms with Crippen LogP contribution in [-0.4, -0.2) is 36.1 Å². The molecule has 0 radical (unpaired) electrons. The van der Waals surface area contributed by atoms with E-state index in [9.17, 15) is 4.79 Å². The summed E-state index contributed by atoms with van der Waals surface area (Å²) in [7, 11) is 0. The summed E-state index contributed by atoms with van der Waals surface area (Å²) in [6.07, 6.45) is 0. The van der Waals surface area contributed by atoms with Gasteiger partial charge >= 0.3 is 0 Å². The monoisotopic (exact) mass is 404 g/mol. The molecule has 7 heteroatoms. The molecule has 142 valence electrons. The van der Waals surface area contributed by atoms with E-state index in [1.54, 1.807) is 16.2 Å². The fourth-order valence-corrected chi connectivity index (χ4v) is 5.13. The lowest BCUT2D eigenvalue weighted by Gasteiger charge is -2.29. The third-order valence-corrected chi connectivity index (χ3v) is 6.85. The number of aromatic amines is 1. The summed E-state index contributed by atoms with van der Waals surface area (Å²) in [4.78, 5) is 25.3. The zero-order valence-corrected chi connectivity index (χ0v) is 17.3. The molecule has 2 aromatic heterocycles. The SMILES string of the molecule is Cc1sc2nc(C[NH+]3CC[NH+](Cc4cccc(Cl)c4)CC3)[nH]c(=O)c2c1C. The number of H-pyrrole nitrogens is 1. The summed E-state index contributed by atoms with van der Waals surface area (Å²) >= 11 is 7.71. The highest BCUT2D eigenvalue weighted by Crippen LogP contribution is 2.25. The normalized spacial score (nSPS) is 20.3. The van der Waals surface area contributed by atoms with Gasteiger partial charge in [0.1, 0.15) is 44.1 Å². The lowest BCUT2D eigenvalue weighted by molar-refractivity contribution is -1.02. The van der Waals surface area contributed by atoms with Crippen molar-refractivity contribution in [3.05, 3.63) is 61.5 Å². The van der Waals surface area contributed by atoms with Gasteiger partial charge in [-0.15, -0.1) is 11.3 Å². The minimum Gasteiger partial charge on any atom is -0.322 e. The summed E-state index contributed by atoms with van der Waals surface area (Å²) in [6.45, 7) is 10.2. The van der Waals surface area contributed by atoms with Crippen LogP contribution in [0, 0.1) is 13.8 Å². The second kappa shape index (κ2) is 7.72. The van der Waals surface area contributed by atoms with Gasteiger partial charge in [-0.2, -0.15) is 0 Å². The minimum absolute atomic E-state index is 0.00136. The van der Waals surface area contributed by atoms with Gasteiger partial charge in [0.2, 0.25) is 0 Å². The summed E-state index contributed by atoms with van der Waals surface area (Å²) in [5, 5.41) is 1.56. The molecule has 0 bridgehead atoms. The third-order valence-electron chi connectivity index (χ3n) is 5.51. The number of aromatic nitrogens is 2. The van der Waals surface area contributed by atoms with E-state index in [0.717, 1.165) is 65.9 Å². The van der Waals surface area contributed by atoms with Gasteiger partial charge in [-0.3, -0.25) is 4.79 Å². The molecule has 1 aliphatic rings. The number of rotatable bonds is 4. The zero-order chi connectivity index (χ0) is 19.0. The van der Waals surface area contributed by atoms with Gasteiger partial charge in [-0.1, -0.05) is 23.7 Å². The molecule has 0 saturated carbocycles. The lowest BCUT2D eigenvalue weighted by Crippen LogP contribution is -3.27. The Balaban J connectivity index is 1.39. The van der Waals surface area contributed by atoms with Crippen molar-refractivity contribution in [3.63, 3.8) is 0 Å². The first-order chi connectivity index (χ1) is 13.0. The fraction of sp³-hybridized carbons (Fsp3) is 0.400. The predicted octanol–water partition coefficient (Wildman–Crippen LogP) is 0.738. The first kappa shape index (κ1) is 18.6. The Morgan fingerprint density at radius 3 is 2.56 bits per heavy atom. The average Bonchev–Trinajstić information content (AvgIpc) is 2.91. The number of fused-ring (bicyclic) bond motifs is 1. The average molecular weight is 405 g/mol. The molecule has 0 aliphatic carbocycles. The van der Waals surface area contributed by atoms with Crippen LogP contribution in [0.2, 0.25) is 5.02 Å². The molecule has 1 saturated heterocycles. The van der Waals surface area contributed by atoms with Crippen LogP contribution in [0.4, 0.5) is 0 Å². The van der Waals surface area contributed by atoms with E-state index >= 15 is 0 Å². The number of aryl methyl sites for hydroxylation is 2. The number of nitrogens with zero attached hydrogens (tertiary/aromatic N) is 1. The van der Waals surface area contributed by atoms with Crippen LogP contribution in [-0.2, 0) is 13.1 Å². The summed E-state index contributed by atoms with van der Waals surface area (Å²) in [5.74, 6) is 0.807. The van der Waals surface area contributed by atoms with Crippen molar-refractivity contribution in [2.24, 2.45) is 0 Å². The minimum atomic E-state index is 0.00136. The Bertz CT molecular complexity index is 1020. The Hall–Kier alpha value is -1.73. The Morgan fingerprint density at radius 2 is 1.85 bits per heavy atom. The molecule has 1 aliphatic heterocycles. The Labute approximate surface area is 167 Å². The van der Waals surface area contributed by atoms with Crippen molar-refractivity contribution in [3.8, 4) is 0 Å². The number of quaternary nitrogens is 2. The number of hydrogen-bond donors (Lipinski definition) is 3. The third kappa shape index (κ3) is 4.09. The van der Waals surface area contributed by atoms with E-state index in [4.69, 9.17) is 16.6 Å². The van der Waals surface area contributed by atoms with Crippen molar-refractivity contribution in [2.75, 3.05) is 26.2 Å². The van der Waals surface area contributed by atoms with E-state index in [-0.39, 0.29) is 5.56 Å². The highest BCUT2D eigenvalue weighted by Gasteiger charge is 2.24. The quantitative estimate of drug-likeness (QED) is 0.600. The summed E-state index contributed by atoms with van der Waals surface area (Å²) < 4.78 is 0. The van der Waals surface area contributed by atoms with Gasteiger partial charge in [0.25, 0.3) is 5.56 Å². The van der Waals surface area contributed by atoms with Crippen molar-refractivity contribution in [1.82, 2.24) is 9.97 Å². The fourth-order valence-electron chi connectivity index (χ4n) is 3.87. The maximum atomic E-state index is 12.4. The molecule has 4 rings (SSSR count). The molecule has 1 fully saturated rings. The zero-order valence-electron chi connectivity index (χ0n) is 15.7. The van der Waals surface area contributed by atoms with Crippen LogP contribution >= 0.6 is 22.9 Å². The highest BCUT2D eigenvalue weighted by atomic mass is 35.5. The molecule has 0 spiro atoms. The first-order valence-electron chi connectivity index (χ1n) is 9.40. The van der Waals surface area contributed by atoms with E-state index in [0.29, 0.717) is 0 Å². The van der Waals surface area contributed by atoms with E-state index in [1.165, 1.54) is 15.3 Å². The Kier molecular flexibility index (Phi) is 5.32. The van der Waals surface area contributed by atoms with Crippen LogP contribution in [0.25, 0.3) is 10.2 Å². The van der Waals surface area contributed by atoms with Crippen molar-refractivity contribution in [2.45, 2.75) is 26.9 Å². The number of halogens is 1. The molecular weight excluding hydrogens is 380 g/mol. The predicted molar refractivity (Wildman–Crippen MR) is 110 cm³/mol. The molecule has 5 nitrogen and oxygen atoms in total. The van der Waals surface area contributed by atoms with Crippen LogP contribution in [0.1, 0.15) is 21.8 Å². The standard InChI is InChI=1S/C20H23ClN4OS/c1-13-14(2)27-20-18(13)19(26)22-17(23-20)12-25-8-6-24(7-9-25)11-15-4-3-5-16(21)10-15/h3-5,10H,6-9,11-12H2,1-2H3,(H,22,23,26)/p+2. The maximum absolute atomic E-state index is 12.4. The largest absolute Gasteiger partial charge is 0.322 e. The van der Waals surface area contributed by atoms with Gasteiger partial charge in [-0.25, -0.2) is 4.98 Å². The van der Waals surface area contributed by atoms with E-state index in [1.807, 2.05) is 26.0 Å². The molecule has 1 aromatic carbocycles. The molecule has 27 heavy (non-hydrogen) atoms. The molecule has 0 amide bonds. The smallest absolute Gasteiger partial charge is 0.260 e. The molecule has 0 atom stereocenters. The number of benzene rings is 1. The topological polar surface area (TPSA) is 54.6 Å². The van der Waals surface area contributed by atoms with Gasteiger partial charge < -0.3 is 14.8 Å². The van der Waals surface area contributed by atoms with Crippen LogP contribution in [0.3, 0.4) is 0 Å². The van der Waals surface area contributed by atoms with Crippen LogP contribution < -0.4 is 15.4 Å². The van der Waals surface area contributed by atoms with Gasteiger partial charge in [0, 0.05) is 15.5 Å².